The predicted molar refractivity (Wildman–Crippen MR) is 60.9 cm³/mol. The van der Waals surface area contributed by atoms with Crippen molar-refractivity contribution in [3.63, 3.8) is 0 Å². The van der Waals surface area contributed by atoms with E-state index in [4.69, 9.17) is 4.74 Å². The van der Waals surface area contributed by atoms with Crippen LogP contribution in [0.5, 0.6) is 0 Å². The Kier molecular flexibility index (Phi) is 3.02. The smallest absolute Gasteiger partial charge is 0.246 e. The molecular weight excluding hydrogens is 293 g/mol. The van der Waals surface area contributed by atoms with E-state index in [1.165, 1.54) is 3.57 Å². The zero-order valence-electron chi connectivity index (χ0n) is 7.50. The van der Waals surface area contributed by atoms with Gasteiger partial charge in [0.2, 0.25) is 5.91 Å². The van der Waals surface area contributed by atoms with E-state index in [1.807, 2.05) is 24.3 Å². The van der Waals surface area contributed by atoms with Crippen LogP contribution < -0.4 is 5.32 Å². The van der Waals surface area contributed by atoms with Gasteiger partial charge in [-0.05, 0) is 40.3 Å². The molecule has 74 valence electrons. The number of carbonyl (C=O) groups excluding carboxylic acids is 1. The molecule has 1 heterocycles. The molecule has 1 fully saturated rings. The summed E-state index contributed by atoms with van der Waals surface area (Å²) in [5.41, 5.74) is 1.12. The molecule has 4 heteroatoms. The number of halogens is 1. The fraction of sp³-hybridized carbons (Fsp3) is 0.300. The lowest BCUT2D eigenvalue weighted by Gasteiger charge is -2.23. The summed E-state index contributed by atoms with van der Waals surface area (Å²) in [6.07, 6.45) is 0.00435. The van der Waals surface area contributed by atoms with Crippen molar-refractivity contribution >= 4 is 28.5 Å². The number of morpholine rings is 1. The Labute approximate surface area is 96.0 Å². The summed E-state index contributed by atoms with van der Waals surface area (Å²) in [6, 6.07) is 8.14. The number of benzene rings is 1. The Balaban J connectivity index is 2.08. The van der Waals surface area contributed by atoms with Gasteiger partial charge in [0, 0.05) is 10.1 Å². The topological polar surface area (TPSA) is 38.3 Å². The van der Waals surface area contributed by atoms with Crippen molar-refractivity contribution < 1.29 is 9.53 Å². The molecule has 1 saturated heterocycles. The van der Waals surface area contributed by atoms with Gasteiger partial charge in [0.25, 0.3) is 0 Å². The Morgan fingerprint density at radius 1 is 1.36 bits per heavy atom. The molecule has 0 aliphatic carbocycles. The molecular formula is C10H10INO2. The number of rotatable bonds is 1. The van der Waals surface area contributed by atoms with Gasteiger partial charge in [-0.2, -0.15) is 0 Å². The van der Waals surface area contributed by atoms with Crippen LogP contribution in [0.2, 0.25) is 0 Å². The molecule has 1 amide bonds. The molecule has 0 spiro atoms. The predicted octanol–water partition coefficient (Wildman–Crippen LogP) is 1.48. The number of amides is 1. The molecule has 0 radical (unpaired) electrons. The molecule has 1 aliphatic heterocycles. The molecule has 1 N–H and O–H groups in total. The first-order chi connectivity index (χ1) is 6.75. The summed E-state index contributed by atoms with van der Waals surface area (Å²) < 4.78 is 6.60. The van der Waals surface area contributed by atoms with Crippen LogP contribution in [0.3, 0.4) is 0 Å². The quantitative estimate of drug-likeness (QED) is 0.798. The summed E-state index contributed by atoms with van der Waals surface area (Å²) >= 11 is 2.26. The molecule has 1 aromatic rings. The lowest BCUT2D eigenvalue weighted by Crippen LogP contribution is -2.38. The van der Waals surface area contributed by atoms with E-state index in [9.17, 15) is 4.79 Å². The van der Waals surface area contributed by atoms with E-state index in [-0.39, 0.29) is 18.6 Å². The van der Waals surface area contributed by atoms with E-state index < -0.39 is 0 Å². The van der Waals surface area contributed by atoms with E-state index >= 15 is 0 Å². The van der Waals surface area contributed by atoms with Crippen molar-refractivity contribution in [2.75, 3.05) is 13.2 Å². The summed E-state index contributed by atoms with van der Waals surface area (Å²) in [5, 5.41) is 2.78. The van der Waals surface area contributed by atoms with E-state index in [1.54, 1.807) is 0 Å². The molecule has 1 aromatic carbocycles. The number of ether oxygens (including phenoxy) is 1. The maximum Gasteiger partial charge on any atom is 0.246 e. The third kappa shape index (κ3) is 2.24. The third-order valence-corrected chi connectivity index (χ3v) is 2.86. The molecule has 0 aromatic heterocycles. The maximum atomic E-state index is 10.9. The van der Waals surface area contributed by atoms with E-state index in [0.717, 1.165) is 5.56 Å². The van der Waals surface area contributed by atoms with Crippen molar-refractivity contribution in [3.05, 3.63) is 33.4 Å². The van der Waals surface area contributed by atoms with Gasteiger partial charge in [-0.3, -0.25) is 4.79 Å². The lowest BCUT2D eigenvalue weighted by atomic mass is 10.1. The first-order valence-corrected chi connectivity index (χ1v) is 5.47. The highest BCUT2D eigenvalue weighted by Crippen LogP contribution is 2.19. The minimum absolute atomic E-state index is 0.00435. The van der Waals surface area contributed by atoms with Gasteiger partial charge in [-0.25, -0.2) is 0 Å². The van der Waals surface area contributed by atoms with Crippen LogP contribution in [0.1, 0.15) is 11.7 Å². The Morgan fingerprint density at radius 2 is 2.07 bits per heavy atom. The number of hydrogen-bond donors (Lipinski definition) is 1. The van der Waals surface area contributed by atoms with Crippen molar-refractivity contribution in [2.24, 2.45) is 0 Å². The maximum absolute atomic E-state index is 10.9. The van der Waals surface area contributed by atoms with Crippen molar-refractivity contribution in [3.8, 4) is 0 Å². The van der Waals surface area contributed by atoms with Crippen LogP contribution in [0.4, 0.5) is 0 Å². The fourth-order valence-corrected chi connectivity index (χ4v) is 1.74. The molecule has 3 nitrogen and oxygen atoms in total. The van der Waals surface area contributed by atoms with Gasteiger partial charge in [-0.15, -0.1) is 0 Å². The average molecular weight is 303 g/mol. The van der Waals surface area contributed by atoms with Crippen molar-refractivity contribution in [1.82, 2.24) is 5.32 Å². The van der Waals surface area contributed by atoms with Crippen LogP contribution in [0.15, 0.2) is 24.3 Å². The third-order valence-electron chi connectivity index (χ3n) is 2.14. The first-order valence-electron chi connectivity index (χ1n) is 4.39. The molecule has 1 atom stereocenters. The van der Waals surface area contributed by atoms with Crippen molar-refractivity contribution in [1.29, 1.82) is 0 Å². The Morgan fingerprint density at radius 3 is 2.64 bits per heavy atom. The van der Waals surface area contributed by atoms with Gasteiger partial charge >= 0.3 is 0 Å². The van der Waals surface area contributed by atoms with Gasteiger partial charge in [0.1, 0.15) is 12.7 Å². The minimum Gasteiger partial charge on any atom is -0.362 e. The van der Waals surface area contributed by atoms with E-state index in [0.29, 0.717) is 6.54 Å². The lowest BCUT2D eigenvalue weighted by molar-refractivity contribution is -0.133. The van der Waals surface area contributed by atoms with Crippen molar-refractivity contribution in [2.45, 2.75) is 6.10 Å². The van der Waals surface area contributed by atoms with Crippen LogP contribution in [-0.4, -0.2) is 19.1 Å². The summed E-state index contributed by atoms with van der Waals surface area (Å²) in [5.74, 6) is -0.0354. The monoisotopic (exact) mass is 303 g/mol. The summed E-state index contributed by atoms with van der Waals surface area (Å²) in [7, 11) is 0. The largest absolute Gasteiger partial charge is 0.362 e. The molecule has 0 saturated carbocycles. The Hall–Kier alpha value is -0.620. The fourth-order valence-electron chi connectivity index (χ4n) is 1.38. The number of hydrogen-bond acceptors (Lipinski definition) is 2. The SMILES string of the molecule is O=C1COC(c2ccc(I)cc2)CN1. The highest BCUT2D eigenvalue weighted by atomic mass is 127. The molecule has 0 bridgehead atoms. The van der Waals surface area contributed by atoms with Crippen LogP contribution in [0.25, 0.3) is 0 Å². The Bertz CT molecular complexity index is 326. The number of nitrogens with one attached hydrogen (secondary N) is 1. The van der Waals surface area contributed by atoms with E-state index in [2.05, 4.69) is 27.9 Å². The molecule has 1 unspecified atom stereocenters. The van der Waals surface area contributed by atoms with Crippen LogP contribution in [-0.2, 0) is 9.53 Å². The van der Waals surface area contributed by atoms with Gasteiger partial charge < -0.3 is 10.1 Å². The molecule has 1 aliphatic rings. The highest BCUT2D eigenvalue weighted by molar-refractivity contribution is 14.1. The zero-order chi connectivity index (χ0) is 9.97. The second kappa shape index (κ2) is 4.27. The second-order valence-electron chi connectivity index (χ2n) is 3.16. The zero-order valence-corrected chi connectivity index (χ0v) is 9.65. The first kappa shape index (κ1) is 9.92. The normalized spacial score (nSPS) is 21.8. The standard InChI is InChI=1S/C10H10INO2/c11-8-3-1-7(2-4-8)9-5-12-10(13)6-14-9/h1-4,9H,5-6H2,(H,12,13). The average Bonchev–Trinajstić information content (AvgIpc) is 2.21. The summed E-state index contributed by atoms with van der Waals surface area (Å²) in [4.78, 5) is 10.9. The molecule has 14 heavy (non-hydrogen) atoms. The minimum atomic E-state index is -0.0354. The highest BCUT2D eigenvalue weighted by Gasteiger charge is 2.19. The van der Waals surface area contributed by atoms with Gasteiger partial charge in [0.05, 0.1) is 0 Å². The molecule has 2 rings (SSSR count). The van der Waals surface area contributed by atoms with Gasteiger partial charge in [0.15, 0.2) is 0 Å². The number of carbonyl (C=O) groups is 1. The van der Waals surface area contributed by atoms with Gasteiger partial charge in [-0.1, -0.05) is 12.1 Å². The van der Waals surface area contributed by atoms with Crippen LogP contribution >= 0.6 is 22.6 Å². The van der Waals surface area contributed by atoms with Crippen LogP contribution in [0, 0.1) is 3.57 Å². The summed E-state index contributed by atoms with van der Waals surface area (Å²) in [6.45, 7) is 0.732. The second-order valence-corrected chi connectivity index (χ2v) is 4.40.